The molecule has 2 aliphatic rings. The Hall–Kier alpha value is -2.58. The number of rotatable bonds is 4. The number of benzene rings is 1. The first-order chi connectivity index (χ1) is 14.8. The number of carbonyl (C=O) groups is 1. The predicted molar refractivity (Wildman–Crippen MR) is 118 cm³/mol. The van der Waals surface area contributed by atoms with Crippen molar-refractivity contribution in [2.75, 3.05) is 50.7 Å². The van der Waals surface area contributed by atoms with Crippen molar-refractivity contribution in [3.63, 3.8) is 0 Å². The zero-order chi connectivity index (χ0) is 20.3. The van der Waals surface area contributed by atoms with Gasteiger partial charge in [0.05, 0.1) is 28.3 Å². The average Bonchev–Trinajstić information content (AvgIpc) is 3.25. The number of quaternary nitrogens is 1. The molecule has 0 unspecified atom stereocenters. The van der Waals surface area contributed by atoms with Crippen LogP contribution in [0.2, 0.25) is 0 Å². The van der Waals surface area contributed by atoms with E-state index in [1.165, 1.54) is 14.6 Å². The maximum atomic E-state index is 12.8. The second-order valence-electron chi connectivity index (χ2n) is 8.14. The van der Waals surface area contributed by atoms with Gasteiger partial charge in [-0.3, -0.25) is 4.79 Å². The summed E-state index contributed by atoms with van der Waals surface area (Å²) in [4.78, 5) is 31.9. The summed E-state index contributed by atoms with van der Waals surface area (Å²) in [5.41, 5.74) is 1.11. The molecule has 7 nitrogen and oxygen atoms in total. The summed E-state index contributed by atoms with van der Waals surface area (Å²) in [7, 11) is 0. The number of carbonyl (C=O) groups excluding carboxylic acids is 1. The van der Waals surface area contributed by atoms with E-state index >= 15 is 0 Å². The normalized spacial score (nSPS) is 22.4. The van der Waals surface area contributed by atoms with Gasteiger partial charge in [-0.1, -0.05) is 12.1 Å². The van der Waals surface area contributed by atoms with Crippen LogP contribution in [0.15, 0.2) is 42.7 Å². The van der Waals surface area contributed by atoms with E-state index in [0.717, 1.165) is 63.6 Å². The third kappa shape index (κ3) is 4.15. The number of fused-ring (bicyclic) bond motifs is 1. The Morgan fingerprint density at radius 2 is 1.77 bits per heavy atom. The minimum Gasteiger partial charge on any atom is -0.337 e. The molecule has 0 spiro atoms. The standard InChI is InChI=1S/C22H26N6OS/c29-20(27-12-14-28(15-13-27)22-23-8-3-9-24-22)16-26-10-6-17(7-11-26)21-25-18-4-1-2-5-19(18)30-21/h1-5,8-9,17H,6-7,10-16H2/p+1. The van der Waals surface area contributed by atoms with Gasteiger partial charge in [-0.15, -0.1) is 11.3 Å². The molecule has 1 N–H and O–H groups in total. The van der Waals surface area contributed by atoms with E-state index in [1.807, 2.05) is 22.3 Å². The third-order valence-electron chi connectivity index (χ3n) is 6.22. The van der Waals surface area contributed by atoms with Gasteiger partial charge < -0.3 is 14.7 Å². The van der Waals surface area contributed by atoms with Crippen molar-refractivity contribution in [1.82, 2.24) is 19.9 Å². The van der Waals surface area contributed by atoms with Gasteiger partial charge in [0.25, 0.3) is 5.91 Å². The van der Waals surface area contributed by atoms with Crippen molar-refractivity contribution in [2.45, 2.75) is 18.8 Å². The van der Waals surface area contributed by atoms with Crippen LogP contribution in [0, 0.1) is 0 Å². The fourth-order valence-electron chi connectivity index (χ4n) is 4.45. The lowest BCUT2D eigenvalue weighted by Crippen LogP contribution is -3.14. The predicted octanol–water partition coefficient (Wildman–Crippen LogP) is 1.20. The molecule has 156 valence electrons. The number of nitrogens with zero attached hydrogens (tertiary/aromatic N) is 5. The van der Waals surface area contributed by atoms with E-state index in [4.69, 9.17) is 4.98 Å². The number of piperazine rings is 1. The van der Waals surface area contributed by atoms with E-state index in [-0.39, 0.29) is 5.91 Å². The van der Waals surface area contributed by atoms with Crippen LogP contribution in [-0.2, 0) is 4.79 Å². The molecular weight excluding hydrogens is 396 g/mol. The summed E-state index contributed by atoms with van der Waals surface area (Å²) in [6.45, 7) is 5.79. The summed E-state index contributed by atoms with van der Waals surface area (Å²) in [5, 5.41) is 1.26. The number of thiazole rings is 1. The van der Waals surface area contributed by atoms with Gasteiger partial charge in [-0.2, -0.15) is 0 Å². The Bertz CT molecular complexity index is 960. The van der Waals surface area contributed by atoms with Crippen molar-refractivity contribution in [1.29, 1.82) is 0 Å². The van der Waals surface area contributed by atoms with Gasteiger partial charge in [0.2, 0.25) is 5.95 Å². The summed E-state index contributed by atoms with van der Waals surface area (Å²) in [6.07, 6.45) is 5.76. The summed E-state index contributed by atoms with van der Waals surface area (Å²) in [6, 6.07) is 10.2. The van der Waals surface area contributed by atoms with Crippen molar-refractivity contribution in [3.8, 4) is 0 Å². The lowest BCUT2D eigenvalue weighted by atomic mass is 9.97. The van der Waals surface area contributed by atoms with E-state index in [0.29, 0.717) is 12.5 Å². The van der Waals surface area contributed by atoms with Crippen molar-refractivity contribution >= 4 is 33.4 Å². The second kappa shape index (κ2) is 8.65. The fraction of sp³-hybridized carbons (Fsp3) is 0.455. The minimum atomic E-state index is 0.275. The SMILES string of the molecule is O=C(C[NH+]1CCC(c2nc3ccccc3s2)CC1)N1CCN(c2ncccn2)CC1. The Balaban J connectivity index is 1.10. The smallest absolute Gasteiger partial charge is 0.277 e. The molecular formula is C22H27N6OS+. The molecule has 1 amide bonds. The van der Waals surface area contributed by atoms with Gasteiger partial charge in [0.15, 0.2) is 6.54 Å². The van der Waals surface area contributed by atoms with Crippen molar-refractivity contribution < 1.29 is 9.69 Å². The number of piperidine rings is 1. The van der Waals surface area contributed by atoms with Crippen LogP contribution in [0.1, 0.15) is 23.8 Å². The van der Waals surface area contributed by atoms with Crippen LogP contribution in [-0.4, -0.2) is 71.6 Å². The maximum absolute atomic E-state index is 12.8. The summed E-state index contributed by atoms with van der Waals surface area (Å²) >= 11 is 1.83. The monoisotopic (exact) mass is 423 g/mol. The summed E-state index contributed by atoms with van der Waals surface area (Å²) in [5.74, 6) is 1.57. The molecule has 8 heteroatoms. The van der Waals surface area contributed by atoms with Crippen LogP contribution in [0.5, 0.6) is 0 Å². The number of aromatic nitrogens is 3. The highest BCUT2D eigenvalue weighted by molar-refractivity contribution is 7.18. The van der Waals surface area contributed by atoms with E-state index in [1.54, 1.807) is 12.4 Å². The number of para-hydroxylation sites is 1. The number of likely N-dealkylation sites (tertiary alicyclic amines) is 1. The molecule has 2 aliphatic heterocycles. The number of hydrogen-bond acceptors (Lipinski definition) is 6. The van der Waals surface area contributed by atoms with Crippen LogP contribution in [0.25, 0.3) is 10.2 Å². The van der Waals surface area contributed by atoms with E-state index < -0.39 is 0 Å². The van der Waals surface area contributed by atoms with E-state index in [2.05, 4.69) is 39.1 Å². The molecule has 2 fully saturated rings. The Morgan fingerprint density at radius 3 is 2.50 bits per heavy atom. The van der Waals surface area contributed by atoms with Gasteiger partial charge in [0, 0.05) is 57.3 Å². The van der Waals surface area contributed by atoms with E-state index in [9.17, 15) is 4.79 Å². The number of nitrogens with one attached hydrogen (secondary N) is 1. The molecule has 0 atom stereocenters. The molecule has 30 heavy (non-hydrogen) atoms. The molecule has 0 radical (unpaired) electrons. The van der Waals surface area contributed by atoms with Crippen molar-refractivity contribution in [2.24, 2.45) is 0 Å². The Kier molecular flexibility index (Phi) is 5.59. The first kappa shape index (κ1) is 19.4. The molecule has 4 heterocycles. The van der Waals surface area contributed by atoms with Gasteiger partial charge >= 0.3 is 0 Å². The number of hydrogen-bond donors (Lipinski definition) is 1. The van der Waals surface area contributed by atoms with Crippen LogP contribution < -0.4 is 9.80 Å². The molecule has 0 bridgehead atoms. The van der Waals surface area contributed by atoms with Crippen LogP contribution >= 0.6 is 11.3 Å². The minimum absolute atomic E-state index is 0.275. The zero-order valence-corrected chi connectivity index (χ0v) is 17.9. The number of anilines is 1. The Labute approximate surface area is 180 Å². The first-order valence-electron chi connectivity index (χ1n) is 10.7. The highest BCUT2D eigenvalue weighted by atomic mass is 32.1. The third-order valence-corrected chi connectivity index (χ3v) is 7.42. The lowest BCUT2D eigenvalue weighted by Gasteiger charge is -2.35. The topological polar surface area (TPSA) is 66.7 Å². The molecule has 0 aliphatic carbocycles. The van der Waals surface area contributed by atoms with Gasteiger partial charge in [0.1, 0.15) is 0 Å². The largest absolute Gasteiger partial charge is 0.337 e. The maximum Gasteiger partial charge on any atom is 0.277 e. The highest BCUT2D eigenvalue weighted by Crippen LogP contribution is 2.31. The van der Waals surface area contributed by atoms with Gasteiger partial charge in [-0.25, -0.2) is 15.0 Å². The average molecular weight is 424 g/mol. The molecule has 1 aromatic carbocycles. The fourth-order valence-corrected chi connectivity index (χ4v) is 5.59. The summed E-state index contributed by atoms with van der Waals surface area (Å²) < 4.78 is 1.28. The molecule has 0 saturated carbocycles. The van der Waals surface area contributed by atoms with Gasteiger partial charge in [-0.05, 0) is 18.2 Å². The zero-order valence-electron chi connectivity index (χ0n) is 17.0. The highest BCUT2D eigenvalue weighted by Gasteiger charge is 2.29. The first-order valence-corrected chi connectivity index (χ1v) is 11.6. The lowest BCUT2D eigenvalue weighted by molar-refractivity contribution is -0.897. The second-order valence-corrected chi connectivity index (χ2v) is 9.20. The Morgan fingerprint density at radius 1 is 1.03 bits per heavy atom. The molecule has 3 aromatic rings. The van der Waals surface area contributed by atoms with Crippen molar-refractivity contribution in [3.05, 3.63) is 47.7 Å². The molecule has 2 aromatic heterocycles. The molecule has 2 saturated heterocycles. The number of amides is 1. The quantitative estimate of drug-likeness (QED) is 0.683. The van der Waals surface area contributed by atoms with Crippen LogP contribution in [0.3, 0.4) is 0 Å². The molecule has 5 rings (SSSR count). The van der Waals surface area contributed by atoms with Crippen LogP contribution in [0.4, 0.5) is 5.95 Å².